The number of sulfone groups is 1. The molecule has 0 radical (unpaired) electrons. The summed E-state index contributed by atoms with van der Waals surface area (Å²) in [6, 6.07) is 18.6. The summed E-state index contributed by atoms with van der Waals surface area (Å²) in [6.45, 7) is 0. The number of nitriles is 1. The van der Waals surface area contributed by atoms with Crippen molar-refractivity contribution in [2.45, 2.75) is 17.7 Å². The van der Waals surface area contributed by atoms with Crippen molar-refractivity contribution in [2.24, 2.45) is 0 Å². The molecule has 2 aromatic carbocycles. The van der Waals surface area contributed by atoms with Crippen molar-refractivity contribution >= 4 is 9.84 Å². The lowest BCUT2D eigenvalue weighted by atomic mass is 10.1. The van der Waals surface area contributed by atoms with Gasteiger partial charge in [0.05, 0.1) is 16.7 Å². The van der Waals surface area contributed by atoms with Gasteiger partial charge >= 0.3 is 0 Å². The molecule has 4 heteroatoms. The molecule has 20 heavy (non-hydrogen) atoms. The van der Waals surface area contributed by atoms with Gasteiger partial charge in [-0.05, 0) is 29.7 Å². The molecule has 0 saturated heterocycles. The predicted molar refractivity (Wildman–Crippen MR) is 78.8 cm³/mol. The molecule has 0 heterocycles. The molecule has 0 atom stereocenters. The van der Waals surface area contributed by atoms with Crippen LogP contribution in [0.5, 0.6) is 0 Å². The first-order chi connectivity index (χ1) is 9.63. The summed E-state index contributed by atoms with van der Waals surface area (Å²) in [5.74, 6) is 0.0191. The van der Waals surface area contributed by atoms with E-state index in [4.69, 9.17) is 5.26 Å². The Labute approximate surface area is 119 Å². The van der Waals surface area contributed by atoms with Gasteiger partial charge in [-0.1, -0.05) is 42.5 Å². The lowest BCUT2D eigenvalue weighted by Gasteiger charge is -2.05. The molecule has 2 aromatic rings. The summed E-state index contributed by atoms with van der Waals surface area (Å²) in [7, 11) is -3.28. The van der Waals surface area contributed by atoms with Crippen LogP contribution in [-0.4, -0.2) is 14.2 Å². The average molecular weight is 285 g/mol. The van der Waals surface area contributed by atoms with Crippen molar-refractivity contribution in [3.8, 4) is 17.2 Å². The topological polar surface area (TPSA) is 57.9 Å². The Kier molecular flexibility index (Phi) is 4.54. The average Bonchev–Trinajstić information content (AvgIpc) is 2.48. The largest absolute Gasteiger partial charge is 0.224 e. The minimum absolute atomic E-state index is 0.0191. The van der Waals surface area contributed by atoms with Gasteiger partial charge in [0.25, 0.3) is 0 Å². The molecule has 0 aliphatic carbocycles. The van der Waals surface area contributed by atoms with E-state index in [1.165, 1.54) is 0 Å². The molecule has 0 spiro atoms. The van der Waals surface area contributed by atoms with Gasteiger partial charge < -0.3 is 0 Å². The van der Waals surface area contributed by atoms with E-state index < -0.39 is 9.84 Å². The maximum atomic E-state index is 12.0. The van der Waals surface area contributed by atoms with Crippen molar-refractivity contribution < 1.29 is 8.42 Å². The molecule has 0 bridgehead atoms. The molecule has 0 aliphatic heterocycles. The molecule has 0 aliphatic rings. The number of rotatable bonds is 5. The third kappa shape index (κ3) is 3.46. The third-order valence-electron chi connectivity index (χ3n) is 3.02. The van der Waals surface area contributed by atoms with Gasteiger partial charge in [0.1, 0.15) is 0 Å². The minimum Gasteiger partial charge on any atom is -0.224 e. The minimum atomic E-state index is -3.28. The Morgan fingerprint density at radius 1 is 0.900 bits per heavy atom. The second kappa shape index (κ2) is 6.36. The van der Waals surface area contributed by atoms with Crippen LogP contribution >= 0.6 is 0 Å². The first-order valence-electron chi connectivity index (χ1n) is 6.39. The van der Waals surface area contributed by atoms with Gasteiger partial charge in [0, 0.05) is 6.42 Å². The van der Waals surface area contributed by atoms with Gasteiger partial charge in [-0.3, -0.25) is 0 Å². The van der Waals surface area contributed by atoms with Gasteiger partial charge in [-0.25, -0.2) is 8.42 Å². The molecule has 0 saturated carbocycles. The van der Waals surface area contributed by atoms with Crippen LogP contribution in [0.3, 0.4) is 0 Å². The highest BCUT2D eigenvalue weighted by Crippen LogP contribution is 2.21. The number of hydrogen-bond donors (Lipinski definition) is 0. The Hall–Kier alpha value is -2.12. The van der Waals surface area contributed by atoms with Crippen molar-refractivity contribution in [3.05, 3.63) is 54.6 Å². The lowest BCUT2D eigenvalue weighted by molar-refractivity contribution is 0.594. The zero-order valence-electron chi connectivity index (χ0n) is 11.0. The number of nitrogens with zero attached hydrogens (tertiary/aromatic N) is 1. The Morgan fingerprint density at radius 2 is 1.50 bits per heavy atom. The van der Waals surface area contributed by atoms with Crippen molar-refractivity contribution in [1.29, 1.82) is 5.26 Å². The van der Waals surface area contributed by atoms with Crippen LogP contribution in [0.2, 0.25) is 0 Å². The van der Waals surface area contributed by atoms with E-state index in [1.807, 2.05) is 48.5 Å². The zero-order chi connectivity index (χ0) is 14.4. The van der Waals surface area contributed by atoms with Gasteiger partial charge in [0.15, 0.2) is 9.84 Å². The fourth-order valence-corrected chi connectivity index (χ4v) is 3.26. The van der Waals surface area contributed by atoms with E-state index in [0.717, 1.165) is 11.1 Å². The van der Waals surface area contributed by atoms with E-state index >= 15 is 0 Å². The maximum Gasteiger partial charge on any atom is 0.178 e. The summed E-state index contributed by atoms with van der Waals surface area (Å²) in [5, 5.41) is 8.45. The molecular formula is C16H15NO2S. The second-order valence-electron chi connectivity index (χ2n) is 4.47. The number of hydrogen-bond acceptors (Lipinski definition) is 3. The van der Waals surface area contributed by atoms with Crippen LogP contribution in [0.4, 0.5) is 0 Å². The van der Waals surface area contributed by atoms with Gasteiger partial charge in [0.2, 0.25) is 0 Å². The summed E-state index contributed by atoms with van der Waals surface area (Å²) < 4.78 is 24.1. The standard InChI is InChI=1S/C16H15NO2S/c17-12-4-5-13-20(18,19)16-10-8-15(9-11-16)14-6-2-1-3-7-14/h1-3,6-11H,4-5,13H2. The van der Waals surface area contributed by atoms with Gasteiger partial charge in [-0.2, -0.15) is 5.26 Å². The summed E-state index contributed by atoms with van der Waals surface area (Å²) in [4.78, 5) is 0.315. The smallest absolute Gasteiger partial charge is 0.178 e. The maximum absolute atomic E-state index is 12.0. The molecule has 0 unspecified atom stereocenters. The van der Waals surface area contributed by atoms with Crippen LogP contribution in [0.25, 0.3) is 11.1 Å². The first kappa shape index (κ1) is 14.3. The molecule has 3 nitrogen and oxygen atoms in total. The Morgan fingerprint density at radius 3 is 2.10 bits per heavy atom. The fourth-order valence-electron chi connectivity index (χ4n) is 1.94. The van der Waals surface area contributed by atoms with Crippen molar-refractivity contribution in [2.75, 3.05) is 5.75 Å². The molecule has 0 aromatic heterocycles. The Balaban J connectivity index is 2.18. The summed E-state index contributed by atoms with van der Waals surface area (Å²) in [6.07, 6.45) is 0.639. The zero-order valence-corrected chi connectivity index (χ0v) is 11.8. The second-order valence-corrected chi connectivity index (χ2v) is 6.58. The summed E-state index contributed by atoms with van der Waals surface area (Å²) >= 11 is 0. The van der Waals surface area contributed by atoms with Crippen LogP contribution < -0.4 is 0 Å². The van der Waals surface area contributed by atoms with E-state index in [2.05, 4.69) is 0 Å². The lowest BCUT2D eigenvalue weighted by Crippen LogP contribution is -2.06. The van der Waals surface area contributed by atoms with E-state index in [0.29, 0.717) is 11.3 Å². The van der Waals surface area contributed by atoms with E-state index in [-0.39, 0.29) is 12.2 Å². The predicted octanol–water partition coefficient (Wildman–Crippen LogP) is 3.43. The monoisotopic (exact) mass is 285 g/mol. The highest BCUT2D eigenvalue weighted by molar-refractivity contribution is 7.91. The summed E-state index contributed by atoms with van der Waals surface area (Å²) in [5.41, 5.74) is 2.04. The fraction of sp³-hybridized carbons (Fsp3) is 0.188. The third-order valence-corrected chi connectivity index (χ3v) is 4.84. The quantitative estimate of drug-likeness (QED) is 0.791. The number of benzene rings is 2. The molecule has 0 N–H and O–H groups in total. The first-order valence-corrected chi connectivity index (χ1v) is 8.04. The van der Waals surface area contributed by atoms with Crippen LogP contribution in [0, 0.1) is 11.3 Å². The van der Waals surface area contributed by atoms with Crippen molar-refractivity contribution in [3.63, 3.8) is 0 Å². The molecule has 102 valence electrons. The van der Waals surface area contributed by atoms with E-state index in [1.54, 1.807) is 12.1 Å². The van der Waals surface area contributed by atoms with Crippen LogP contribution in [0.1, 0.15) is 12.8 Å². The highest BCUT2D eigenvalue weighted by Gasteiger charge is 2.13. The van der Waals surface area contributed by atoms with Crippen LogP contribution in [-0.2, 0) is 9.84 Å². The Bertz CT molecular complexity index is 698. The highest BCUT2D eigenvalue weighted by atomic mass is 32.2. The molecular weight excluding hydrogens is 270 g/mol. The normalized spacial score (nSPS) is 10.9. The molecule has 2 rings (SSSR count). The number of unbranched alkanes of at least 4 members (excludes halogenated alkanes) is 1. The molecule has 0 fully saturated rings. The van der Waals surface area contributed by atoms with Crippen molar-refractivity contribution in [1.82, 2.24) is 0 Å². The van der Waals surface area contributed by atoms with E-state index in [9.17, 15) is 8.42 Å². The SMILES string of the molecule is N#CCCCS(=O)(=O)c1ccc(-c2ccccc2)cc1. The van der Waals surface area contributed by atoms with Crippen LogP contribution in [0.15, 0.2) is 59.5 Å². The van der Waals surface area contributed by atoms with Gasteiger partial charge in [-0.15, -0.1) is 0 Å². The molecule has 0 amide bonds.